The fourth-order valence-electron chi connectivity index (χ4n) is 1.73. The molecule has 1 nitrogen and oxygen atoms in total. The molecule has 0 fully saturated rings. The highest BCUT2D eigenvalue weighted by atomic mass is 35.5. The van der Waals surface area contributed by atoms with Crippen LogP contribution >= 0.6 is 11.6 Å². The van der Waals surface area contributed by atoms with Crippen LogP contribution in [0, 0.1) is 6.08 Å². The van der Waals surface area contributed by atoms with Crippen molar-refractivity contribution in [1.82, 2.24) is 4.90 Å². The summed E-state index contributed by atoms with van der Waals surface area (Å²) in [6.07, 6.45) is 10.8. The lowest BCUT2D eigenvalue weighted by atomic mass is 10.2. The van der Waals surface area contributed by atoms with Crippen LogP contribution < -0.4 is 0 Å². The maximum atomic E-state index is 5.91. The lowest BCUT2D eigenvalue weighted by Crippen LogP contribution is -2.27. The molecule has 1 aliphatic heterocycles. The van der Waals surface area contributed by atoms with Gasteiger partial charge in [-0.15, -0.1) is 0 Å². The van der Waals surface area contributed by atoms with E-state index in [1.54, 1.807) is 0 Å². The fraction of sp³-hybridized carbons (Fsp3) is 0.286. The molecule has 0 atom stereocenters. The van der Waals surface area contributed by atoms with Gasteiger partial charge in [0.05, 0.1) is 0 Å². The van der Waals surface area contributed by atoms with Crippen LogP contribution in [0.3, 0.4) is 0 Å². The lowest BCUT2D eigenvalue weighted by Gasteiger charge is -2.20. The summed E-state index contributed by atoms with van der Waals surface area (Å²) in [5.74, 6) is 0. The van der Waals surface area contributed by atoms with Crippen LogP contribution in [0.15, 0.2) is 36.4 Å². The Morgan fingerprint density at radius 3 is 3.12 bits per heavy atom. The Bertz CT molecular complexity index is 395. The number of hydrogen-bond acceptors (Lipinski definition) is 1. The molecule has 0 aliphatic carbocycles. The number of rotatable bonds is 3. The molecule has 0 saturated carbocycles. The van der Waals surface area contributed by atoms with Crippen molar-refractivity contribution in [3.63, 3.8) is 0 Å². The van der Waals surface area contributed by atoms with Crippen molar-refractivity contribution in [2.75, 3.05) is 19.6 Å². The zero-order valence-corrected chi connectivity index (χ0v) is 9.95. The maximum absolute atomic E-state index is 5.91. The van der Waals surface area contributed by atoms with Gasteiger partial charge in [-0.25, -0.2) is 0 Å². The van der Waals surface area contributed by atoms with Crippen LogP contribution in [-0.4, -0.2) is 24.5 Å². The number of halogens is 1. The topological polar surface area (TPSA) is 3.24 Å². The van der Waals surface area contributed by atoms with Crippen molar-refractivity contribution >= 4 is 17.7 Å². The third-order valence-corrected chi connectivity index (χ3v) is 2.81. The minimum absolute atomic E-state index is 0.788. The second-order valence-corrected chi connectivity index (χ2v) is 4.33. The molecular formula is C14H15ClN. The second-order valence-electron chi connectivity index (χ2n) is 3.89. The molecule has 0 N–H and O–H groups in total. The van der Waals surface area contributed by atoms with E-state index in [4.69, 9.17) is 11.6 Å². The van der Waals surface area contributed by atoms with Gasteiger partial charge in [0.2, 0.25) is 0 Å². The third kappa shape index (κ3) is 3.51. The minimum atomic E-state index is 0.788. The molecule has 1 aromatic rings. The zero-order chi connectivity index (χ0) is 11.2. The molecular weight excluding hydrogens is 218 g/mol. The van der Waals surface area contributed by atoms with Crippen molar-refractivity contribution < 1.29 is 0 Å². The second kappa shape index (κ2) is 5.88. The minimum Gasteiger partial charge on any atom is -0.295 e. The van der Waals surface area contributed by atoms with Crippen molar-refractivity contribution in [2.45, 2.75) is 6.42 Å². The SMILES string of the molecule is Clc1cccc(C=CCN2C[C]=CCC2)c1. The summed E-state index contributed by atoms with van der Waals surface area (Å²) >= 11 is 5.91. The first kappa shape index (κ1) is 11.4. The number of nitrogens with zero attached hydrogens (tertiary/aromatic N) is 1. The highest BCUT2D eigenvalue weighted by molar-refractivity contribution is 6.30. The van der Waals surface area contributed by atoms with Crippen molar-refractivity contribution in [1.29, 1.82) is 0 Å². The van der Waals surface area contributed by atoms with E-state index in [9.17, 15) is 0 Å². The molecule has 0 amide bonds. The van der Waals surface area contributed by atoms with E-state index in [-0.39, 0.29) is 0 Å². The monoisotopic (exact) mass is 232 g/mol. The summed E-state index contributed by atoms with van der Waals surface area (Å²) in [5.41, 5.74) is 1.16. The first-order valence-corrected chi connectivity index (χ1v) is 5.92. The van der Waals surface area contributed by atoms with Gasteiger partial charge < -0.3 is 0 Å². The standard InChI is InChI=1S/C14H15ClN/c15-14-8-4-6-13(12-14)7-5-11-16-9-2-1-3-10-16/h1,4-8,12H,2,9-11H2. The highest BCUT2D eigenvalue weighted by Gasteiger charge is 2.02. The summed E-state index contributed by atoms with van der Waals surface area (Å²) in [4.78, 5) is 2.36. The van der Waals surface area contributed by atoms with E-state index >= 15 is 0 Å². The van der Waals surface area contributed by atoms with E-state index in [0.717, 1.165) is 36.6 Å². The average Bonchev–Trinajstić information content (AvgIpc) is 2.30. The zero-order valence-electron chi connectivity index (χ0n) is 9.20. The van der Waals surface area contributed by atoms with Crippen molar-refractivity contribution in [2.24, 2.45) is 0 Å². The van der Waals surface area contributed by atoms with E-state index < -0.39 is 0 Å². The van der Waals surface area contributed by atoms with Crippen LogP contribution in [0.25, 0.3) is 6.08 Å². The van der Waals surface area contributed by atoms with Gasteiger partial charge in [-0.1, -0.05) is 42.0 Å². The van der Waals surface area contributed by atoms with Crippen molar-refractivity contribution in [3.8, 4) is 0 Å². The molecule has 0 aromatic heterocycles. The summed E-state index contributed by atoms with van der Waals surface area (Å²) in [6.45, 7) is 3.06. The fourth-order valence-corrected chi connectivity index (χ4v) is 1.92. The molecule has 1 aromatic carbocycles. The van der Waals surface area contributed by atoms with Gasteiger partial charge in [-0.3, -0.25) is 4.90 Å². The molecule has 2 heteroatoms. The van der Waals surface area contributed by atoms with Gasteiger partial charge in [-0.2, -0.15) is 0 Å². The van der Waals surface area contributed by atoms with Crippen LogP contribution in [0.1, 0.15) is 12.0 Å². The largest absolute Gasteiger partial charge is 0.295 e. The van der Waals surface area contributed by atoms with Crippen LogP contribution in [0.2, 0.25) is 5.02 Å². The number of benzene rings is 1. The molecule has 0 spiro atoms. The van der Waals surface area contributed by atoms with Crippen molar-refractivity contribution in [3.05, 3.63) is 53.1 Å². The first-order chi connectivity index (χ1) is 7.84. The van der Waals surface area contributed by atoms with Gasteiger partial charge in [0, 0.05) is 24.7 Å². The predicted molar refractivity (Wildman–Crippen MR) is 69.4 cm³/mol. The third-order valence-electron chi connectivity index (χ3n) is 2.57. The Labute approximate surface area is 102 Å². The molecule has 0 saturated heterocycles. The van der Waals surface area contributed by atoms with E-state index in [1.165, 1.54) is 0 Å². The van der Waals surface area contributed by atoms with Gasteiger partial charge in [-0.05, 0) is 30.2 Å². The Morgan fingerprint density at radius 2 is 2.38 bits per heavy atom. The van der Waals surface area contributed by atoms with E-state index in [2.05, 4.69) is 35.3 Å². The van der Waals surface area contributed by atoms with Gasteiger partial charge in [0.15, 0.2) is 0 Å². The van der Waals surface area contributed by atoms with Crippen LogP contribution in [0.5, 0.6) is 0 Å². The summed E-state index contributed by atoms with van der Waals surface area (Å²) < 4.78 is 0. The Morgan fingerprint density at radius 1 is 1.44 bits per heavy atom. The normalized spacial score (nSPS) is 17.1. The Balaban J connectivity index is 1.87. The van der Waals surface area contributed by atoms with E-state index in [1.807, 2.05) is 18.2 Å². The smallest absolute Gasteiger partial charge is 0.0411 e. The molecule has 0 unspecified atom stereocenters. The molecule has 0 bridgehead atoms. The summed E-state index contributed by atoms with van der Waals surface area (Å²) in [5, 5.41) is 0.788. The summed E-state index contributed by atoms with van der Waals surface area (Å²) in [7, 11) is 0. The highest BCUT2D eigenvalue weighted by Crippen LogP contribution is 2.12. The lowest BCUT2D eigenvalue weighted by molar-refractivity contribution is 0.326. The maximum Gasteiger partial charge on any atom is 0.0411 e. The van der Waals surface area contributed by atoms with Crippen LogP contribution in [-0.2, 0) is 0 Å². The molecule has 1 heterocycles. The average molecular weight is 233 g/mol. The molecule has 2 rings (SSSR count). The molecule has 1 aliphatic rings. The van der Waals surface area contributed by atoms with Crippen LogP contribution in [0.4, 0.5) is 0 Å². The number of hydrogen-bond donors (Lipinski definition) is 0. The quantitative estimate of drug-likeness (QED) is 0.772. The van der Waals surface area contributed by atoms with E-state index in [0.29, 0.717) is 0 Å². The first-order valence-electron chi connectivity index (χ1n) is 5.54. The molecule has 16 heavy (non-hydrogen) atoms. The van der Waals surface area contributed by atoms with Gasteiger partial charge in [0.1, 0.15) is 0 Å². The molecule has 1 radical (unpaired) electrons. The predicted octanol–water partition coefficient (Wildman–Crippen LogP) is 3.42. The summed E-state index contributed by atoms with van der Waals surface area (Å²) in [6, 6.07) is 7.90. The van der Waals surface area contributed by atoms with Gasteiger partial charge >= 0.3 is 0 Å². The Kier molecular flexibility index (Phi) is 4.20. The van der Waals surface area contributed by atoms with Gasteiger partial charge in [0.25, 0.3) is 0 Å². The Hall–Kier alpha value is -1.05. The molecule has 83 valence electrons.